The van der Waals surface area contributed by atoms with E-state index in [2.05, 4.69) is 11.8 Å². The van der Waals surface area contributed by atoms with E-state index in [9.17, 15) is 14.7 Å². The topological polar surface area (TPSA) is 66.8 Å². The summed E-state index contributed by atoms with van der Waals surface area (Å²) < 4.78 is 5.78. The van der Waals surface area contributed by atoms with Gasteiger partial charge in [-0.05, 0) is 63.7 Å². The van der Waals surface area contributed by atoms with Gasteiger partial charge in [-0.25, -0.2) is 0 Å². The molecule has 5 nitrogen and oxygen atoms in total. The van der Waals surface area contributed by atoms with Gasteiger partial charge in [0.2, 0.25) is 5.91 Å². The van der Waals surface area contributed by atoms with E-state index in [0.29, 0.717) is 25.4 Å². The molecule has 1 saturated heterocycles. The Morgan fingerprint density at radius 2 is 1.75 bits per heavy atom. The maximum atomic E-state index is 13.2. The maximum Gasteiger partial charge on any atom is 0.306 e. The summed E-state index contributed by atoms with van der Waals surface area (Å²) in [5.41, 5.74) is 0. The summed E-state index contributed by atoms with van der Waals surface area (Å²) in [6.07, 6.45) is 8.69. The minimum absolute atomic E-state index is 0.105. The number of carbonyl (C=O) groups excluding carboxylic acids is 1. The number of aliphatic carboxylic acids is 1. The van der Waals surface area contributed by atoms with Crippen LogP contribution >= 0.6 is 0 Å². The number of amides is 1. The monoisotopic (exact) mass is 337 g/mol. The van der Waals surface area contributed by atoms with Crippen LogP contribution in [0, 0.1) is 17.8 Å². The molecular weight excluding hydrogens is 306 g/mol. The van der Waals surface area contributed by atoms with Crippen molar-refractivity contribution < 1.29 is 19.4 Å². The smallest absolute Gasteiger partial charge is 0.306 e. The predicted octanol–water partition coefficient (Wildman–Crippen LogP) is 3.07. The first-order chi connectivity index (χ1) is 11.5. The Labute approximate surface area is 144 Å². The van der Waals surface area contributed by atoms with E-state index in [0.717, 1.165) is 44.6 Å². The SMILES string of the molecule is CC1CCC(N(CC2CCCO2)C(=O)[C@@H]2CC[C@H](C(=O)O)C2)CC1. The third-order valence-corrected chi connectivity index (χ3v) is 6.26. The fourth-order valence-corrected chi connectivity index (χ4v) is 4.65. The van der Waals surface area contributed by atoms with Crippen LogP contribution in [0.25, 0.3) is 0 Å². The number of nitrogens with zero attached hydrogens (tertiary/aromatic N) is 1. The molecule has 24 heavy (non-hydrogen) atoms. The van der Waals surface area contributed by atoms with Crippen LogP contribution in [-0.2, 0) is 14.3 Å². The molecule has 3 rings (SSSR count). The predicted molar refractivity (Wildman–Crippen MR) is 90.6 cm³/mol. The minimum Gasteiger partial charge on any atom is -0.481 e. The molecule has 3 fully saturated rings. The molecule has 0 aromatic carbocycles. The standard InChI is InChI=1S/C19H31NO4/c1-13-4-8-16(9-5-13)20(12-17-3-2-10-24-17)18(21)14-6-7-15(11-14)19(22)23/h13-17H,2-12H2,1H3,(H,22,23)/t13?,14-,15+,16?,17?/m1/s1. The van der Waals surface area contributed by atoms with Crippen molar-refractivity contribution in [3.8, 4) is 0 Å². The normalized spacial score (nSPS) is 36.6. The molecule has 0 aromatic heterocycles. The molecule has 0 bridgehead atoms. The molecule has 1 unspecified atom stereocenters. The summed E-state index contributed by atoms with van der Waals surface area (Å²) in [4.78, 5) is 26.5. The first-order valence-electron chi connectivity index (χ1n) is 9.69. The van der Waals surface area contributed by atoms with Crippen LogP contribution in [0.5, 0.6) is 0 Å². The third-order valence-electron chi connectivity index (χ3n) is 6.26. The van der Waals surface area contributed by atoms with Gasteiger partial charge in [0.25, 0.3) is 0 Å². The van der Waals surface area contributed by atoms with E-state index in [1.807, 2.05) is 0 Å². The molecule has 1 aliphatic heterocycles. The Kier molecular flexibility index (Phi) is 5.80. The van der Waals surface area contributed by atoms with Crippen LogP contribution in [-0.4, -0.2) is 47.2 Å². The molecule has 2 aliphatic carbocycles. The van der Waals surface area contributed by atoms with E-state index in [1.165, 1.54) is 12.8 Å². The lowest BCUT2D eigenvalue weighted by Gasteiger charge is -2.38. The molecule has 0 radical (unpaired) electrons. The van der Waals surface area contributed by atoms with E-state index in [4.69, 9.17) is 4.74 Å². The van der Waals surface area contributed by atoms with Gasteiger partial charge in [-0.2, -0.15) is 0 Å². The molecular formula is C19H31NO4. The summed E-state index contributed by atoms with van der Waals surface area (Å²) in [6, 6.07) is 0.321. The zero-order chi connectivity index (χ0) is 17.1. The first-order valence-corrected chi connectivity index (χ1v) is 9.69. The van der Waals surface area contributed by atoms with Gasteiger partial charge in [-0.15, -0.1) is 0 Å². The van der Waals surface area contributed by atoms with Crippen molar-refractivity contribution >= 4 is 11.9 Å². The van der Waals surface area contributed by atoms with Crippen molar-refractivity contribution in [3.05, 3.63) is 0 Å². The van der Waals surface area contributed by atoms with Gasteiger partial charge in [0.05, 0.1) is 12.0 Å². The Balaban J connectivity index is 1.66. The van der Waals surface area contributed by atoms with Gasteiger partial charge in [0.1, 0.15) is 0 Å². The second-order valence-corrected chi connectivity index (χ2v) is 8.08. The van der Waals surface area contributed by atoms with Crippen LogP contribution in [0.1, 0.15) is 64.7 Å². The number of carbonyl (C=O) groups is 2. The summed E-state index contributed by atoms with van der Waals surface area (Å²) >= 11 is 0. The average Bonchev–Trinajstić information content (AvgIpc) is 3.24. The number of rotatable bonds is 5. The third kappa shape index (κ3) is 4.11. The second-order valence-electron chi connectivity index (χ2n) is 8.08. The maximum absolute atomic E-state index is 13.2. The van der Waals surface area contributed by atoms with Gasteiger partial charge in [0.15, 0.2) is 0 Å². The molecule has 0 spiro atoms. The summed E-state index contributed by atoms with van der Waals surface area (Å²) in [6.45, 7) is 3.79. The number of carboxylic acids is 1. The summed E-state index contributed by atoms with van der Waals surface area (Å²) in [5, 5.41) is 9.21. The number of hydrogen-bond acceptors (Lipinski definition) is 3. The van der Waals surface area contributed by atoms with Crippen LogP contribution < -0.4 is 0 Å². The van der Waals surface area contributed by atoms with E-state index in [-0.39, 0.29) is 23.8 Å². The molecule has 2 saturated carbocycles. The zero-order valence-corrected chi connectivity index (χ0v) is 14.8. The molecule has 0 aromatic rings. The highest BCUT2D eigenvalue weighted by atomic mass is 16.5. The molecule has 1 amide bonds. The Hall–Kier alpha value is -1.10. The van der Waals surface area contributed by atoms with Crippen molar-refractivity contribution in [1.82, 2.24) is 4.90 Å². The van der Waals surface area contributed by atoms with Crippen LogP contribution in [0.3, 0.4) is 0 Å². The Morgan fingerprint density at radius 1 is 1.04 bits per heavy atom. The van der Waals surface area contributed by atoms with Crippen LogP contribution in [0.2, 0.25) is 0 Å². The van der Waals surface area contributed by atoms with Crippen LogP contribution in [0.4, 0.5) is 0 Å². The number of carboxylic acid groups (broad SMARTS) is 1. The van der Waals surface area contributed by atoms with Gasteiger partial charge >= 0.3 is 5.97 Å². The van der Waals surface area contributed by atoms with Gasteiger partial charge < -0.3 is 14.7 Å². The highest BCUT2D eigenvalue weighted by Crippen LogP contribution is 2.35. The van der Waals surface area contributed by atoms with Gasteiger partial charge in [-0.1, -0.05) is 6.92 Å². The average molecular weight is 337 g/mol. The van der Waals surface area contributed by atoms with Crippen molar-refractivity contribution in [1.29, 1.82) is 0 Å². The van der Waals surface area contributed by atoms with Crippen molar-refractivity contribution in [3.63, 3.8) is 0 Å². The number of hydrogen-bond donors (Lipinski definition) is 1. The van der Waals surface area contributed by atoms with Crippen molar-refractivity contribution in [2.75, 3.05) is 13.2 Å². The molecule has 3 atom stereocenters. The van der Waals surface area contributed by atoms with Gasteiger partial charge in [-0.3, -0.25) is 9.59 Å². The highest BCUT2D eigenvalue weighted by molar-refractivity contribution is 5.81. The van der Waals surface area contributed by atoms with E-state index < -0.39 is 5.97 Å². The van der Waals surface area contributed by atoms with Crippen molar-refractivity contribution in [2.24, 2.45) is 17.8 Å². The molecule has 1 N–H and O–H groups in total. The van der Waals surface area contributed by atoms with Crippen LogP contribution in [0.15, 0.2) is 0 Å². The largest absolute Gasteiger partial charge is 0.481 e. The highest BCUT2D eigenvalue weighted by Gasteiger charge is 2.39. The lowest BCUT2D eigenvalue weighted by molar-refractivity contribution is -0.142. The summed E-state index contributed by atoms with van der Waals surface area (Å²) in [5.74, 6) is -0.248. The van der Waals surface area contributed by atoms with Crippen molar-refractivity contribution in [2.45, 2.75) is 76.9 Å². The van der Waals surface area contributed by atoms with E-state index >= 15 is 0 Å². The first kappa shape index (κ1) is 17.7. The zero-order valence-electron chi connectivity index (χ0n) is 14.8. The fourth-order valence-electron chi connectivity index (χ4n) is 4.65. The van der Waals surface area contributed by atoms with E-state index in [1.54, 1.807) is 0 Å². The molecule has 3 aliphatic rings. The second kappa shape index (κ2) is 7.85. The quantitative estimate of drug-likeness (QED) is 0.837. The number of ether oxygens (including phenoxy) is 1. The fraction of sp³-hybridized carbons (Fsp3) is 0.895. The summed E-state index contributed by atoms with van der Waals surface area (Å²) in [7, 11) is 0. The molecule has 136 valence electrons. The lowest BCUT2D eigenvalue weighted by Crippen LogP contribution is -2.48. The lowest BCUT2D eigenvalue weighted by atomic mass is 9.86. The molecule has 1 heterocycles. The Morgan fingerprint density at radius 3 is 2.33 bits per heavy atom. The van der Waals surface area contributed by atoms with Gasteiger partial charge in [0, 0.05) is 25.1 Å². The Bertz CT molecular complexity index is 452. The minimum atomic E-state index is -0.748. The molecule has 5 heteroatoms.